The Bertz CT molecular complexity index is 797. The molecule has 0 bridgehead atoms. The van der Waals surface area contributed by atoms with Gasteiger partial charge in [-0.1, -0.05) is 6.07 Å². The molecule has 2 heterocycles. The average Bonchev–Trinajstić information content (AvgIpc) is 2.54. The highest BCUT2D eigenvalue weighted by atomic mass is 19.1. The highest BCUT2D eigenvalue weighted by molar-refractivity contribution is 5.89. The number of hydrogen-bond acceptors (Lipinski definition) is 6. The highest BCUT2D eigenvalue weighted by Gasteiger charge is 2.06. The Balaban J connectivity index is 1.91. The number of aromatic nitrogens is 3. The number of nitrogens with zero attached hydrogens (tertiary/aromatic N) is 3. The van der Waals surface area contributed by atoms with Gasteiger partial charge in [-0.2, -0.15) is 4.39 Å². The van der Waals surface area contributed by atoms with Crippen molar-refractivity contribution in [1.29, 1.82) is 0 Å². The van der Waals surface area contributed by atoms with E-state index in [2.05, 4.69) is 20.3 Å². The molecule has 112 valence electrons. The molecule has 0 spiro atoms. The predicted octanol–water partition coefficient (Wildman–Crippen LogP) is 2.28. The van der Waals surface area contributed by atoms with Gasteiger partial charge in [0, 0.05) is 23.2 Å². The van der Waals surface area contributed by atoms with Crippen LogP contribution < -0.4 is 10.1 Å². The van der Waals surface area contributed by atoms with Gasteiger partial charge >= 0.3 is 0 Å². The second-order valence-corrected chi connectivity index (χ2v) is 4.47. The number of rotatable bonds is 5. The van der Waals surface area contributed by atoms with E-state index in [4.69, 9.17) is 9.84 Å². The van der Waals surface area contributed by atoms with Crippen molar-refractivity contribution < 1.29 is 14.2 Å². The molecule has 0 unspecified atom stereocenters. The van der Waals surface area contributed by atoms with Crippen LogP contribution in [0, 0.1) is 5.95 Å². The topological polar surface area (TPSA) is 80.2 Å². The number of hydrogen-bond donors (Lipinski definition) is 2. The Hall–Kier alpha value is -2.80. The van der Waals surface area contributed by atoms with Gasteiger partial charge < -0.3 is 15.2 Å². The SMILES string of the molecule is OCCOc1cccc(Nc2ncnc3cnc(F)cc23)c1. The summed E-state index contributed by atoms with van der Waals surface area (Å²) < 4.78 is 18.7. The third-order valence-corrected chi connectivity index (χ3v) is 2.95. The summed E-state index contributed by atoms with van der Waals surface area (Å²) >= 11 is 0. The van der Waals surface area contributed by atoms with Crippen LogP contribution in [0.1, 0.15) is 0 Å². The van der Waals surface area contributed by atoms with Crippen LogP contribution in [-0.2, 0) is 0 Å². The van der Waals surface area contributed by atoms with Gasteiger partial charge in [-0.25, -0.2) is 15.0 Å². The van der Waals surface area contributed by atoms with Crippen molar-refractivity contribution in [3.05, 3.63) is 48.8 Å². The Kier molecular flexibility index (Phi) is 4.06. The predicted molar refractivity (Wildman–Crippen MR) is 79.6 cm³/mol. The Morgan fingerprint density at radius 3 is 2.95 bits per heavy atom. The minimum Gasteiger partial charge on any atom is -0.491 e. The van der Waals surface area contributed by atoms with Gasteiger partial charge in [0.15, 0.2) is 0 Å². The number of fused-ring (bicyclic) bond motifs is 1. The normalized spacial score (nSPS) is 10.6. The first-order valence-corrected chi connectivity index (χ1v) is 6.63. The lowest BCUT2D eigenvalue weighted by Gasteiger charge is -2.10. The number of benzene rings is 1. The summed E-state index contributed by atoms with van der Waals surface area (Å²) in [5.74, 6) is 0.501. The van der Waals surface area contributed by atoms with Gasteiger partial charge in [0.05, 0.1) is 18.3 Å². The number of pyridine rings is 1. The van der Waals surface area contributed by atoms with E-state index in [-0.39, 0.29) is 13.2 Å². The van der Waals surface area contributed by atoms with Crippen LogP contribution in [0.3, 0.4) is 0 Å². The van der Waals surface area contributed by atoms with E-state index in [1.165, 1.54) is 18.6 Å². The average molecular weight is 300 g/mol. The van der Waals surface area contributed by atoms with Crippen LogP contribution >= 0.6 is 0 Å². The monoisotopic (exact) mass is 300 g/mol. The van der Waals surface area contributed by atoms with E-state index in [0.29, 0.717) is 22.5 Å². The first-order chi connectivity index (χ1) is 10.8. The van der Waals surface area contributed by atoms with E-state index in [1.807, 2.05) is 6.07 Å². The largest absolute Gasteiger partial charge is 0.491 e. The zero-order chi connectivity index (χ0) is 15.4. The molecule has 0 aliphatic carbocycles. The van der Waals surface area contributed by atoms with Gasteiger partial charge in [0.2, 0.25) is 5.95 Å². The Morgan fingerprint density at radius 1 is 1.18 bits per heavy atom. The lowest BCUT2D eigenvalue weighted by atomic mass is 10.2. The molecule has 22 heavy (non-hydrogen) atoms. The number of aliphatic hydroxyl groups excluding tert-OH is 1. The van der Waals surface area contributed by atoms with Crippen molar-refractivity contribution in [3.8, 4) is 5.75 Å². The molecule has 0 radical (unpaired) electrons. The molecule has 7 heteroatoms. The number of nitrogens with one attached hydrogen (secondary N) is 1. The fourth-order valence-corrected chi connectivity index (χ4v) is 2.00. The molecule has 2 aromatic heterocycles. The van der Waals surface area contributed by atoms with Crippen LogP contribution in [0.15, 0.2) is 42.9 Å². The number of anilines is 2. The third-order valence-electron chi connectivity index (χ3n) is 2.95. The quantitative estimate of drug-likeness (QED) is 0.704. The van der Waals surface area contributed by atoms with E-state index >= 15 is 0 Å². The lowest BCUT2D eigenvalue weighted by molar-refractivity contribution is 0.201. The van der Waals surface area contributed by atoms with Crippen molar-refractivity contribution >= 4 is 22.4 Å². The molecule has 0 atom stereocenters. The molecule has 3 rings (SSSR count). The number of aliphatic hydroxyl groups is 1. The van der Waals surface area contributed by atoms with E-state index in [9.17, 15) is 4.39 Å². The molecule has 0 fully saturated rings. The van der Waals surface area contributed by atoms with Crippen molar-refractivity contribution in [2.45, 2.75) is 0 Å². The summed E-state index contributed by atoms with van der Waals surface area (Å²) in [6.45, 7) is 0.164. The van der Waals surface area contributed by atoms with Crippen LogP contribution in [-0.4, -0.2) is 33.3 Å². The molecule has 1 aromatic carbocycles. The smallest absolute Gasteiger partial charge is 0.213 e. The molecule has 0 saturated heterocycles. The van der Waals surface area contributed by atoms with Crippen molar-refractivity contribution in [3.63, 3.8) is 0 Å². The molecule has 2 N–H and O–H groups in total. The standard InChI is InChI=1S/C15H13FN4O2/c16-14-7-12-13(8-17-14)18-9-19-15(12)20-10-2-1-3-11(6-10)22-5-4-21/h1-3,6-9,21H,4-5H2,(H,18,19,20). The molecule has 0 aliphatic rings. The van der Waals surface area contributed by atoms with Crippen LogP contribution in [0.2, 0.25) is 0 Å². The van der Waals surface area contributed by atoms with Gasteiger partial charge in [0.25, 0.3) is 0 Å². The van der Waals surface area contributed by atoms with Gasteiger partial charge in [-0.15, -0.1) is 0 Å². The summed E-state index contributed by atoms with van der Waals surface area (Å²) in [6, 6.07) is 8.46. The fourth-order valence-electron chi connectivity index (χ4n) is 2.00. The Labute approximate surface area is 125 Å². The van der Waals surface area contributed by atoms with Gasteiger partial charge in [-0.05, 0) is 12.1 Å². The summed E-state index contributed by atoms with van der Waals surface area (Å²) in [5.41, 5.74) is 1.28. The maximum absolute atomic E-state index is 13.3. The van der Waals surface area contributed by atoms with E-state index in [1.54, 1.807) is 18.2 Å². The first-order valence-electron chi connectivity index (χ1n) is 6.63. The summed E-state index contributed by atoms with van der Waals surface area (Å²) in [4.78, 5) is 11.8. The molecule has 0 amide bonds. The summed E-state index contributed by atoms with van der Waals surface area (Å²) in [6.07, 6.45) is 2.74. The van der Waals surface area contributed by atoms with Crippen LogP contribution in [0.25, 0.3) is 10.9 Å². The summed E-state index contributed by atoms with van der Waals surface area (Å²) in [7, 11) is 0. The molecule has 0 aliphatic heterocycles. The van der Waals surface area contributed by atoms with Crippen molar-refractivity contribution in [2.75, 3.05) is 18.5 Å². The minimum atomic E-state index is -0.592. The minimum absolute atomic E-state index is 0.0551. The third kappa shape index (κ3) is 3.09. The van der Waals surface area contributed by atoms with Crippen LogP contribution in [0.5, 0.6) is 5.75 Å². The van der Waals surface area contributed by atoms with E-state index < -0.39 is 5.95 Å². The molecular formula is C15H13FN4O2. The molecule has 0 saturated carbocycles. The second-order valence-electron chi connectivity index (χ2n) is 4.47. The van der Waals surface area contributed by atoms with Crippen molar-refractivity contribution in [2.24, 2.45) is 0 Å². The van der Waals surface area contributed by atoms with Gasteiger partial charge in [-0.3, -0.25) is 0 Å². The zero-order valence-electron chi connectivity index (χ0n) is 11.5. The summed E-state index contributed by atoms with van der Waals surface area (Å²) in [5, 5.41) is 12.4. The molecule has 3 aromatic rings. The lowest BCUT2D eigenvalue weighted by Crippen LogP contribution is -2.02. The number of halogens is 1. The van der Waals surface area contributed by atoms with Gasteiger partial charge in [0.1, 0.15) is 24.5 Å². The maximum Gasteiger partial charge on any atom is 0.213 e. The maximum atomic E-state index is 13.3. The first kappa shape index (κ1) is 14.2. The zero-order valence-corrected chi connectivity index (χ0v) is 11.5. The van der Waals surface area contributed by atoms with E-state index in [0.717, 1.165) is 5.69 Å². The molecular weight excluding hydrogens is 287 g/mol. The van der Waals surface area contributed by atoms with Crippen LogP contribution in [0.4, 0.5) is 15.9 Å². The highest BCUT2D eigenvalue weighted by Crippen LogP contribution is 2.25. The van der Waals surface area contributed by atoms with Crippen molar-refractivity contribution in [1.82, 2.24) is 15.0 Å². The Morgan fingerprint density at radius 2 is 2.09 bits per heavy atom. The fraction of sp³-hybridized carbons (Fsp3) is 0.133. The second kappa shape index (κ2) is 6.31. The molecule has 6 nitrogen and oxygen atoms in total. The number of ether oxygens (including phenoxy) is 1.